The van der Waals surface area contributed by atoms with Crippen molar-refractivity contribution in [2.75, 3.05) is 6.54 Å². The zero-order chi connectivity index (χ0) is 14.9. The Labute approximate surface area is 129 Å². The van der Waals surface area contributed by atoms with E-state index in [1.54, 1.807) is 10.8 Å². The number of hydrogen-bond donors (Lipinski definition) is 1. The Hall–Kier alpha value is -1.38. The predicted octanol–water partition coefficient (Wildman–Crippen LogP) is 3.66. The second kappa shape index (κ2) is 5.78. The second-order valence-electron chi connectivity index (χ2n) is 7.18. The van der Waals surface area contributed by atoms with Crippen molar-refractivity contribution in [3.8, 4) is 0 Å². The van der Waals surface area contributed by atoms with Crippen molar-refractivity contribution in [3.63, 3.8) is 0 Å². The number of rotatable bonds is 5. The van der Waals surface area contributed by atoms with E-state index in [0.717, 1.165) is 13.1 Å². The van der Waals surface area contributed by atoms with Gasteiger partial charge in [-0.25, -0.2) is 0 Å². The maximum absolute atomic E-state index is 3.61. The summed E-state index contributed by atoms with van der Waals surface area (Å²) >= 11 is 0. The van der Waals surface area contributed by atoms with Crippen molar-refractivity contribution >= 4 is 13.3 Å². The SMILES string of the molecule is C[Si](C)(C)c1ccc(CNCC2Cc3ccccc32)cc1. The van der Waals surface area contributed by atoms with Crippen LogP contribution in [0.15, 0.2) is 48.5 Å². The van der Waals surface area contributed by atoms with Crippen LogP contribution < -0.4 is 10.5 Å². The van der Waals surface area contributed by atoms with Gasteiger partial charge in [-0.1, -0.05) is 73.4 Å². The first-order valence-corrected chi connectivity index (χ1v) is 11.4. The minimum Gasteiger partial charge on any atom is -0.312 e. The van der Waals surface area contributed by atoms with Crippen molar-refractivity contribution in [2.24, 2.45) is 0 Å². The fraction of sp³-hybridized carbons (Fsp3) is 0.368. The molecule has 0 fully saturated rings. The van der Waals surface area contributed by atoms with E-state index in [4.69, 9.17) is 0 Å². The first-order chi connectivity index (χ1) is 10.0. The van der Waals surface area contributed by atoms with Gasteiger partial charge in [0.15, 0.2) is 0 Å². The molecule has 110 valence electrons. The third-order valence-corrected chi connectivity index (χ3v) is 6.57. The van der Waals surface area contributed by atoms with Crippen LogP contribution in [0, 0.1) is 0 Å². The highest BCUT2D eigenvalue weighted by Crippen LogP contribution is 2.33. The van der Waals surface area contributed by atoms with Crippen LogP contribution in [0.5, 0.6) is 0 Å². The van der Waals surface area contributed by atoms with E-state index >= 15 is 0 Å². The predicted molar refractivity (Wildman–Crippen MR) is 94.0 cm³/mol. The quantitative estimate of drug-likeness (QED) is 0.830. The summed E-state index contributed by atoms with van der Waals surface area (Å²) in [4.78, 5) is 0. The van der Waals surface area contributed by atoms with Gasteiger partial charge in [0.2, 0.25) is 0 Å². The zero-order valence-corrected chi connectivity index (χ0v) is 14.3. The fourth-order valence-corrected chi connectivity index (χ4v) is 4.22. The Bertz CT molecular complexity index is 610. The lowest BCUT2D eigenvalue weighted by Crippen LogP contribution is -2.37. The number of fused-ring (bicyclic) bond motifs is 1. The highest BCUT2D eigenvalue weighted by Gasteiger charge is 2.24. The highest BCUT2D eigenvalue weighted by atomic mass is 28.3. The summed E-state index contributed by atoms with van der Waals surface area (Å²) in [6.45, 7) is 9.26. The first-order valence-electron chi connectivity index (χ1n) is 7.92. The molecule has 21 heavy (non-hydrogen) atoms. The lowest BCUT2D eigenvalue weighted by molar-refractivity contribution is 0.536. The number of hydrogen-bond acceptors (Lipinski definition) is 1. The van der Waals surface area contributed by atoms with E-state index in [0.29, 0.717) is 5.92 Å². The molecule has 0 heterocycles. The smallest absolute Gasteiger partial charge is 0.0775 e. The molecule has 1 atom stereocenters. The molecule has 1 unspecified atom stereocenters. The minimum atomic E-state index is -1.16. The molecule has 0 amide bonds. The van der Waals surface area contributed by atoms with E-state index in [-0.39, 0.29) is 0 Å². The van der Waals surface area contributed by atoms with E-state index in [2.05, 4.69) is 73.5 Å². The Morgan fingerprint density at radius 1 is 1.00 bits per heavy atom. The zero-order valence-electron chi connectivity index (χ0n) is 13.3. The lowest BCUT2D eigenvalue weighted by atomic mass is 9.77. The van der Waals surface area contributed by atoms with Crippen molar-refractivity contribution in [1.82, 2.24) is 5.32 Å². The van der Waals surface area contributed by atoms with Crippen LogP contribution in [-0.4, -0.2) is 14.6 Å². The summed E-state index contributed by atoms with van der Waals surface area (Å²) in [5.74, 6) is 0.711. The molecular weight excluding hydrogens is 270 g/mol. The summed E-state index contributed by atoms with van der Waals surface area (Å²) in [5, 5.41) is 5.15. The van der Waals surface area contributed by atoms with E-state index in [1.807, 2.05) is 0 Å². The number of nitrogens with one attached hydrogen (secondary N) is 1. The highest BCUT2D eigenvalue weighted by molar-refractivity contribution is 6.88. The molecule has 2 heteroatoms. The van der Waals surface area contributed by atoms with Crippen LogP contribution in [0.4, 0.5) is 0 Å². The largest absolute Gasteiger partial charge is 0.312 e. The van der Waals surface area contributed by atoms with Crippen LogP contribution in [-0.2, 0) is 13.0 Å². The minimum absolute atomic E-state index is 0.711. The van der Waals surface area contributed by atoms with E-state index < -0.39 is 8.07 Å². The average molecular weight is 296 g/mol. The summed E-state index contributed by atoms with van der Waals surface area (Å²) in [6.07, 6.45) is 1.23. The Kier molecular flexibility index (Phi) is 4.00. The molecular formula is C19H25NSi. The molecule has 2 aromatic rings. The van der Waals surface area contributed by atoms with Gasteiger partial charge in [0, 0.05) is 19.0 Å². The van der Waals surface area contributed by atoms with Crippen molar-refractivity contribution in [3.05, 3.63) is 65.2 Å². The molecule has 2 aromatic carbocycles. The Morgan fingerprint density at radius 2 is 1.71 bits per heavy atom. The summed E-state index contributed by atoms with van der Waals surface area (Å²) in [5.41, 5.74) is 4.47. The maximum atomic E-state index is 3.61. The topological polar surface area (TPSA) is 12.0 Å². The molecule has 0 radical (unpaired) electrons. The van der Waals surface area contributed by atoms with Gasteiger partial charge in [0.05, 0.1) is 8.07 Å². The Balaban J connectivity index is 1.51. The molecule has 0 spiro atoms. The number of benzene rings is 2. The molecule has 3 rings (SSSR count). The van der Waals surface area contributed by atoms with Gasteiger partial charge in [-0.15, -0.1) is 0 Å². The van der Waals surface area contributed by atoms with Gasteiger partial charge in [-0.05, 0) is 23.1 Å². The second-order valence-corrected chi connectivity index (χ2v) is 12.3. The molecule has 1 nitrogen and oxygen atoms in total. The Morgan fingerprint density at radius 3 is 2.38 bits per heavy atom. The molecule has 0 bridgehead atoms. The van der Waals surface area contributed by atoms with Crippen LogP contribution in [0.25, 0.3) is 0 Å². The summed E-state index contributed by atoms with van der Waals surface area (Å²) in [7, 11) is -1.16. The van der Waals surface area contributed by atoms with Crippen molar-refractivity contribution in [2.45, 2.75) is 38.5 Å². The van der Waals surface area contributed by atoms with Crippen LogP contribution in [0.1, 0.15) is 22.6 Å². The van der Waals surface area contributed by atoms with Crippen LogP contribution in [0.3, 0.4) is 0 Å². The first kappa shape index (κ1) is 14.5. The van der Waals surface area contributed by atoms with Gasteiger partial charge < -0.3 is 5.32 Å². The lowest BCUT2D eigenvalue weighted by Gasteiger charge is -2.30. The monoisotopic (exact) mass is 295 g/mol. The summed E-state index contributed by atoms with van der Waals surface area (Å²) < 4.78 is 0. The molecule has 1 N–H and O–H groups in total. The third-order valence-electron chi connectivity index (χ3n) is 4.50. The molecule has 0 saturated carbocycles. The van der Waals surface area contributed by atoms with Gasteiger partial charge in [-0.3, -0.25) is 0 Å². The maximum Gasteiger partial charge on any atom is 0.0775 e. The molecule has 1 aliphatic rings. The van der Waals surface area contributed by atoms with E-state index in [1.165, 1.54) is 17.5 Å². The fourth-order valence-electron chi connectivity index (χ4n) is 3.06. The van der Waals surface area contributed by atoms with Gasteiger partial charge in [0.1, 0.15) is 0 Å². The summed E-state index contributed by atoms with van der Waals surface area (Å²) in [6, 6.07) is 18.0. The average Bonchev–Trinajstić information content (AvgIpc) is 2.43. The molecule has 1 aliphatic carbocycles. The normalized spacial score (nSPS) is 17.2. The third kappa shape index (κ3) is 3.28. The van der Waals surface area contributed by atoms with Gasteiger partial charge in [-0.2, -0.15) is 0 Å². The molecule has 0 aliphatic heterocycles. The van der Waals surface area contributed by atoms with Crippen LogP contribution >= 0.6 is 0 Å². The van der Waals surface area contributed by atoms with Crippen molar-refractivity contribution < 1.29 is 0 Å². The molecule has 0 aromatic heterocycles. The molecule has 0 saturated heterocycles. The van der Waals surface area contributed by atoms with Crippen molar-refractivity contribution in [1.29, 1.82) is 0 Å². The van der Waals surface area contributed by atoms with E-state index in [9.17, 15) is 0 Å². The standard InChI is InChI=1S/C19H25NSi/c1-21(2,3)18-10-8-15(9-11-18)13-20-14-17-12-16-6-4-5-7-19(16)17/h4-11,17,20H,12-14H2,1-3H3. The van der Waals surface area contributed by atoms with Crippen LogP contribution in [0.2, 0.25) is 19.6 Å². The van der Waals surface area contributed by atoms with Gasteiger partial charge >= 0.3 is 0 Å². The van der Waals surface area contributed by atoms with Gasteiger partial charge in [0.25, 0.3) is 0 Å².